The monoisotopic (exact) mass is 385 g/mol. The van der Waals surface area contributed by atoms with Gasteiger partial charge in [0.2, 0.25) is 0 Å². The molecule has 0 aliphatic carbocycles. The van der Waals surface area contributed by atoms with E-state index < -0.39 is 10.9 Å². The van der Waals surface area contributed by atoms with Crippen molar-refractivity contribution < 1.29 is 0 Å². The zero-order valence-electron chi connectivity index (χ0n) is 15.7. The number of anilines is 5. The highest BCUT2D eigenvalue weighted by Gasteiger charge is 2.22. The summed E-state index contributed by atoms with van der Waals surface area (Å²) in [5.41, 5.74) is 2.04. The fourth-order valence-electron chi connectivity index (χ4n) is 2.99. The number of nitrogens with zero attached hydrogens (tertiary/aromatic N) is 2. The van der Waals surface area contributed by atoms with Gasteiger partial charge in [-0.1, -0.05) is 30.3 Å². The largest absolute Gasteiger partial charge is 0.373 e. The van der Waals surface area contributed by atoms with Gasteiger partial charge in [0.15, 0.2) is 0 Å². The Labute approximate surface area is 167 Å². The molecule has 2 heterocycles. The first-order chi connectivity index (χ1) is 14.1. The Bertz CT molecular complexity index is 1190. The Hall–Kier alpha value is -4.00. The molecule has 0 amide bonds. The predicted octanol–water partition coefficient (Wildman–Crippen LogP) is 3.73. The van der Waals surface area contributed by atoms with E-state index in [4.69, 9.17) is 0 Å². The van der Waals surface area contributed by atoms with Crippen molar-refractivity contribution in [3.8, 4) is 0 Å². The highest BCUT2D eigenvalue weighted by Crippen LogP contribution is 2.26. The number of benzene rings is 1. The molecule has 7 heteroatoms. The SMILES string of the molecule is C[C@@H](Nc1c(Nc2ccnc(Nc3ccncc3)c2)c(=O)c1=O)c1ccccc1. The third-order valence-corrected chi connectivity index (χ3v) is 4.55. The van der Waals surface area contributed by atoms with Gasteiger partial charge >= 0.3 is 0 Å². The average molecular weight is 385 g/mol. The average Bonchev–Trinajstić information content (AvgIpc) is 2.77. The van der Waals surface area contributed by atoms with Crippen LogP contribution in [0, 0.1) is 0 Å². The van der Waals surface area contributed by atoms with Gasteiger partial charge in [-0.05, 0) is 30.7 Å². The maximum atomic E-state index is 12.1. The Morgan fingerprint density at radius 3 is 2.24 bits per heavy atom. The maximum Gasteiger partial charge on any atom is 0.253 e. The molecule has 4 rings (SSSR count). The van der Waals surface area contributed by atoms with Gasteiger partial charge in [-0.3, -0.25) is 14.6 Å². The Morgan fingerprint density at radius 1 is 0.793 bits per heavy atom. The summed E-state index contributed by atoms with van der Waals surface area (Å²) in [5.74, 6) is 0.604. The van der Waals surface area contributed by atoms with Crippen LogP contribution in [0.2, 0.25) is 0 Å². The number of hydrogen-bond acceptors (Lipinski definition) is 7. The first-order valence-electron chi connectivity index (χ1n) is 9.17. The van der Waals surface area contributed by atoms with Crippen LogP contribution in [-0.2, 0) is 0 Å². The highest BCUT2D eigenvalue weighted by atomic mass is 16.2. The molecule has 0 saturated heterocycles. The molecular weight excluding hydrogens is 366 g/mol. The van der Waals surface area contributed by atoms with Gasteiger partial charge in [0.05, 0.1) is 0 Å². The van der Waals surface area contributed by atoms with Crippen molar-refractivity contribution in [2.24, 2.45) is 0 Å². The molecule has 0 fully saturated rings. The summed E-state index contributed by atoms with van der Waals surface area (Å²) >= 11 is 0. The minimum absolute atomic E-state index is 0.110. The van der Waals surface area contributed by atoms with Crippen LogP contribution in [0.1, 0.15) is 18.5 Å². The Morgan fingerprint density at radius 2 is 1.48 bits per heavy atom. The van der Waals surface area contributed by atoms with Gasteiger partial charge in [0, 0.05) is 42.1 Å². The second-order valence-corrected chi connectivity index (χ2v) is 6.60. The van der Waals surface area contributed by atoms with E-state index in [0.29, 0.717) is 17.2 Å². The lowest BCUT2D eigenvalue weighted by atomic mass is 10.1. The molecular formula is C22H19N5O2. The minimum Gasteiger partial charge on any atom is -0.373 e. The number of hydrogen-bond donors (Lipinski definition) is 3. The number of pyridine rings is 2. The van der Waals surface area contributed by atoms with Crippen molar-refractivity contribution in [3.63, 3.8) is 0 Å². The van der Waals surface area contributed by atoms with Gasteiger partial charge in [-0.15, -0.1) is 0 Å². The van der Waals surface area contributed by atoms with E-state index in [9.17, 15) is 9.59 Å². The number of rotatable bonds is 7. The molecule has 2 aromatic carbocycles. The lowest BCUT2D eigenvalue weighted by molar-refractivity contribution is 0.880. The van der Waals surface area contributed by atoms with Crippen molar-refractivity contribution in [1.29, 1.82) is 0 Å². The topological polar surface area (TPSA) is 96.0 Å². The zero-order valence-corrected chi connectivity index (χ0v) is 15.7. The fraction of sp³-hybridized carbons (Fsp3) is 0.0909. The van der Waals surface area contributed by atoms with E-state index in [0.717, 1.165) is 11.3 Å². The van der Waals surface area contributed by atoms with E-state index in [-0.39, 0.29) is 11.7 Å². The fourth-order valence-corrected chi connectivity index (χ4v) is 2.99. The van der Waals surface area contributed by atoms with E-state index in [1.54, 1.807) is 30.7 Å². The molecule has 4 aromatic rings. The Kier molecular flexibility index (Phi) is 5.03. The van der Waals surface area contributed by atoms with Crippen LogP contribution in [0.15, 0.2) is 82.8 Å². The summed E-state index contributed by atoms with van der Waals surface area (Å²) in [4.78, 5) is 32.5. The summed E-state index contributed by atoms with van der Waals surface area (Å²) in [6.45, 7) is 1.94. The van der Waals surface area contributed by atoms with E-state index in [1.807, 2.05) is 49.4 Å². The van der Waals surface area contributed by atoms with E-state index in [1.165, 1.54) is 0 Å². The quantitative estimate of drug-likeness (QED) is 0.417. The normalized spacial score (nSPS) is 11.8. The molecule has 144 valence electrons. The van der Waals surface area contributed by atoms with Crippen molar-refractivity contribution in [3.05, 3.63) is 99.2 Å². The van der Waals surface area contributed by atoms with Crippen LogP contribution in [-0.4, -0.2) is 9.97 Å². The van der Waals surface area contributed by atoms with Gasteiger partial charge in [0.1, 0.15) is 17.2 Å². The lowest BCUT2D eigenvalue weighted by Gasteiger charge is -2.20. The summed E-state index contributed by atoms with van der Waals surface area (Å²) in [5, 5.41) is 9.36. The molecule has 7 nitrogen and oxygen atoms in total. The molecule has 0 aliphatic heterocycles. The highest BCUT2D eigenvalue weighted by molar-refractivity contribution is 5.79. The van der Waals surface area contributed by atoms with Crippen molar-refractivity contribution in [2.75, 3.05) is 16.0 Å². The molecule has 29 heavy (non-hydrogen) atoms. The molecule has 0 spiro atoms. The van der Waals surface area contributed by atoms with Crippen molar-refractivity contribution >= 4 is 28.6 Å². The van der Waals surface area contributed by atoms with Crippen LogP contribution in [0.3, 0.4) is 0 Å². The van der Waals surface area contributed by atoms with E-state index in [2.05, 4.69) is 25.9 Å². The molecule has 2 aromatic heterocycles. The second-order valence-electron chi connectivity index (χ2n) is 6.60. The van der Waals surface area contributed by atoms with Gasteiger partial charge < -0.3 is 16.0 Å². The summed E-state index contributed by atoms with van der Waals surface area (Å²) in [6, 6.07) is 16.8. The standard InChI is InChI=1S/C22H19N5O2/c1-14(15-5-3-2-4-6-15)25-19-20(22(29)21(19)28)27-17-9-12-24-18(13-17)26-16-7-10-23-11-8-16/h2-14,25H,1H3,(H2,23,24,26,27)/t14-/m1/s1. The first kappa shape index (κ1) is 18.4. The number of aromatic nitrogens is 2. The molecule has 0 unspecified atom stereocenters. The molecule has 0 aliphatic rings. The first-order valence-corrected chi connectivity index (χ1v) is 9.17. The van der Waals surface area contributed by atoms with Gasteiger partial charge in [0.25, 0.3) is 10.9 Å². The van der Waals surface area contributed by atoms with Crippen molar-refractivity contribution in [1.82, 2.24) is 9.97 Å². The summed E-state index contributed by atoms with van der Waals surface area (Å²) in [6.07, 6.45) is 4.98. The minimum atomic E-state index is -0.534. The van der Waals surface area contributed by atoms with Crippen LogP contribution in [0.4, 0.5) is 28.6 Å². The smallest absolute Gasteiger partial charge is 0.253 e. The van der Waals surface area contributed by atoms with Crippen LogP contribution >= 0.6 is 0 Å². The van der Waals surface area contributed by atoms with Crippen LogP contribution < -0.4 is 26.8 Å². The second kappa shape index (κ2) is 7.93. The molecule has 1 atom stereocenters. The molecule has 3 N–H and O–H groups in total. The molecule has 0 bridgehead atoms. The van der Waals surface area contributed by atoms with E-state index >= 15 is 0 Å². The number of nitrogens with one attached hydrogen (secondary N) is 3. The third-order valence-electron chi connectivity index (χ3n) is 4.55. The summed E-state index contributed by atoms with van der Waals surface area (Å²) in [7, 11) is 0. The van der Waals surface area contributed by atoms with Crippen LogP contribution in [0.5, 0.6) is 0 Å². The predicted molar refractivity (Wildman–Crippen MR) is 115 cm³/mol. The van der Waals surface area contributed by atoms with Gasteiger partial charge in [-0.2, -0.15) is 0 Å². The van der Waals surface area contributed by atoms with Gasteiger partial charge in [-0.25, -0.2) is 4.98 Å². The third kappa shape index (κ3) is 3.98. The zero-order chi connectivity index (χ0) is 20.2. The molecule has 0 radical (unpaired) electrons. The summed E-state index contributed by atoms with van der Waals surface area (Å²) < 4.78 is 0. The lowest BCUT2D eigenvalue weighted by Crippen LogP contribution is -2.37. The Balaban J connectivity index is 1.52. The maximum absolute atomic E-state index is 12.1. The van der Waals surface area contributed by atoms with Crippen molar-refractivity contribution in [2.45, 2.75) is 13.0 Å². The molecule has 0 saturated carbocycles. The van der Waals surface area contributed by atoms with Crippen LogP contribution in [0.25, 0.3) is 0 Å².